The van der Waals surface area contributed by atoms with Crippen LogP contribution in [0.15, 0.2) is 53.1 Å². The average molecular weight is 770 g/mol. The number of anilines is 1. The van der Waals surface area contributed by atoms with Crippen LogP contribution in [0.2, 0.25) is 5.02 Å². The molecule has 0 unspecified atom stereocenters. The average Bonchev–Trinajstić information content (AvgIpc) is 3.86. The number of thioether (sulfide) groups is 1. The van der Waals surface area contributed by atoms with Crippen LogP contribution in [-0.2, 0) is 9.59 Å². The molecule has 17 heteroatoms. The van der Waals surface area contributed by atoms with E-state index in [0.29, 0.717) is 54.5 Å². The summed E-state index contributed by atoms with van der Waals surface area (Å²) < 4.78 is 11.4. The van der Waals surface area contributed by atoms with E-state index >= 15 is 0 Å². The number of benzene rings is 2. The Balaban J connectivity index is 1.08. The van der Waals surface area contributed by atoms with Gasteiger partial charge in [0.05, 0.1) is 36.0 Å². The minimum Gasteiger partial charge on any atom is -0.496 e. The van der Waals surface area contributed by atoms with Gasteiger partial charge in [0.25, 0.3) is 5.91 Å². The summed E-state index contributed by atoms with van der Waals surface area (Å²) in [6.45, 7) is 0.543. The monoisotopic (exact) mass is 769 g/mol. The van der Waals surface area contributed by atoms with Crippen LogP contribution in [0.4, 0.5) is 15.3 Å². The highest BCUT2D eigenvalue weighted by molar-refractivity contribution is 8.00. The number of carbonyl (C=O) groups is 5. The Morgan fingerprint density at radius 1 is 1.04 bits per heavy atom. The van der Waals surface area contributed by atoms with Crippen LogP contribution < -0.4 is 36.6 Å². The molecule has 5 rings (SSSR count). The fraction of sp³-hybridized carbons (Fsp3) is 0.444. The van der Waals surface area contributed by atoms with Gasteiger partial charge in [-0.25, -0.2) is 14.6 Å². The SMILES string of the molecule is COc1cccc(Cl)c1C(=O)N[C@@H](CCCNC(=O)O)c1ncc(-c2cccc(NC(=O)CCCNC(=O)CCCC[C@@H]3SC[C@@H]4NC(=O)N[C@@H]43)c2)o1. The first-order chi connectivity index (χ1) is 25.6. The molecule has 7 N–H and O–H groups in total. The number of nitrogens with one attached hydrogen (secondary N) is 6. The van der Waals surface area contributed by atoms with Crippen molar-refractivity contribution in [1.29, 1.82) is 0 Å². The highest BCUT2D eigenvalue weighted by atomic mass is 35.5. The van der Waals surface area contributed by atoms with Crippen molar-refractivity contribution in [2.75, 3.05) is 31.3 Å². The lowest BCUT2D eigenvalue weighted by atomic mass is 10.0. The summed E-state index contributed by atoms with van der Waals surface area (Å²) in [5.41, 5.74) is 1.32. The van der Waals surface area contributed by atoms with Crippen LogP contribution in [0.5, 0.6) is 5.75 Å². The summed E-state index contributed by atoms with van der Waals surface area (Å²) in [7, 11) is 1.43. The summed E-state index contributed by atoms with van der Waals surface area (Å²) >= 11 is 8.18. The van der Waals surface area contributed by atoms with E-state index in [0.717, 1.165) is 25.0 Å². The number of hydrogen-bond donors (Lipinski definition) is 7. The molecule has 4 atom stereocenters. The number of oxazole rings is 1. The highest BCUT2D eigenvalue weighted by Gasteiger charge is 2.42. The molecule has 6 amide bonds. The van der Waals surface area contributed by atoms with E-state index in [-0.39, 0.29) is 65.1 Å². The third-order valence-electron chi connectivity index (χ3n) is 8.91. The molecule has 3 aromatic rings. The second-order valence-corrected chi connectivity index (χ2v) is 14.4. The number of aromatic nitrogens is 1. The molecular weight excluding hydrogens is 726 g/mol. The maximum Gasteiger partial charge on any atom is 0.404 e. The smallest absolute Gasteiger partial charge is 0.404 e. The van der Waals surface area contributed by atoms with Gasteiger partial charge in [-0.2, -0.15) is 11.8 Å². The number of carboxylic acid groups (broad SMARTS) is 1. The van der Waals surface area contributed by atoms with E-state index < -0.39 is 18.0 Å². The van der Waals surface area contributed by atoms with Crippen molar-refractivity contribution in [3.05, 3.63) is 65.1 Å². The quantitative estimate of drug-likeness (QED) is 0.0634. The Hall–Kier alpha value is -4.96. The van der Waals surface area contributed by atoms with E-state index in [4.69, 9.17) is 25.9 Å². The van der Waals surface area contributed by atoms with Crippen molar-refractivity contribution in [3.63, 3.8) is 0 Å². The van der Waals surface area contributed by atoms with Gasteiger partial charge in [0.2, 0.25) is 17.7 Å². The third kappa shape index (κ3) is 11.3. The molecule has 0 bridgehead atoms. The van der Waals surface area contributed by atoms with Crippen molar-refractivity contribution >= 4 is 58.9 Å². The number of amides is 6. The zero-order valence-electron chi connectivity index (χ0n) is 29.2. The first kappa shape index (κ1) is 39.3. The third-order valence-corrected chi connectivity index (χ3v) is 10.7. The van der Waals surface area contributed by atoms with Crippen molar-refractivity contribution < 1.29 is 38.2 Å². The molecule has 0 aliphatic carbocycles. The molecule has 3 heterocycles. The highest BCUT2D eigenvalue weighted by Crippen LogP contribution is 2.33. The molecule has 2 aromatic carbocycles. The summed E-state index contributed by atoms with van der Waals surface area (Å²) in [6, 6.07) is 11.4. The second kappa shape index (κ2) is 19.2. The van der Waals surface area contributed by atoms with Crippen LogP contribution in [0.3, 0.4) is 0 Å². The summed E-state index contributed by atoms with van der Waals surface area (Å²) in [6.07, 6.45) is 4.77. The first-order valence-corrected chi connectivity index (χ1v) is 19.0. The predicted molar refractivity (Wildman–Crippen MR) is 200 cm³/mol. The zero-order valence-corrected chi connectivity index (χ0v) is 30.8. The van der Waals surface area contributed by atoms with Gasteiger partial charge in [0, 0.05) is 48.2 Å². The molecule has 0 saturated carbocycles. The number of rotatable bonds is 19. The number of fused-ring (bicyclic) bond motifs is 1. The van der Waals surface area contributed by atoms with Crippen molar-refractivity contribution in [3.8, 4) is 17.1 Å². The molecule has 2 aliphatic rings. The van der Waals surface area contributed by atoms with Crippen LogP contribution in [0.25, 0.3) is 11.3 Å². The number of unbranched alkanes of at least 4 members (excludes halogenated alkanes) is 1. The predicted octanol–water partition coefficient (Wildman–Crippen LogP) is 5.08. The van der Waals surface area contributed by atoms with Crippen molar-refractivity contribution in [1.82, 2.24) is 31.6 Å². The van der Waals surface area contributed by atoms with Gasteiger partial charge in [-0.1, -0.05) is 36.2 Å². The molecule has 0 radical (unpaired) electrons. The van der Waals surface area contributed by atoms with E-state index in [1.807, 2.05) is 11.8 Å². The first-order valence-electron chi connectivity index (χ1n) is 17.5. The molecule has 2 fully saturated rings. The van der Waals surface area contributed by atoms with Gasteiger partial charge in [-0.15, -0.1) is 0 Å². The zero-order chi connectivity index (χ0) is 37.7. The fourth-order valence-corrected chi connectivity index (χ4v) is 8.07. The van der Waals surface area contributed by atoms with Crippen LogP contribution in [0.1, 0.15) is 73.7 Å². The molecule has 15 nitrogen and oxygen atoms in total. The summed E-state index contributed by atoms with van der Waals surface area (Å²) in [5.74, 6) is 1.04. The fourth-order valence-electron chi connectivity index (χ4n) is 6.28. The minimum absolute atomic E-state index is 0.0420. The standard InChI is InChI=1S/C36H44ClN7O8S/c1-51-26-12-5-10-23(37)31(26)33(47)42-24(11-6-17-39-36(49)50)34-40-19-27(52-34)21-8-4-9-22(18-21)41-30(46)15-7-16-38-29(45)14-3-2-13-28-32-25(20-53-28)43-35(48)44-32/h4-5,8-10,12,18-19,24-25,28,32,39H,2-3,6-7,11,13-17,20H2,1H3,(H,38,45)(H,41,46)(H,42,47)(H,49,50)(H2,43,44,48)/t24-,25-,28-,32-/m0/s1. The number of carbonyl (C=O) groups excluding carboxylic acids is 4. The lowest BCUT2D eigenvalue weighted by Gasteiger charge is -2.17. The van der Waals surface area contributed by atoms with Crippen LogP contribution >= 0.6 is 23.4 Å². The molecule has 2 saturated heterocycles. The second-order valence-electron chi connectivity index (χ2n) is 12.7. The normalized spacial score (nSPS) is 17.9. The van der Waals surface area contributed by atoms with Gasteiger partial charge in [-0.05, 0) is 56.4 Å². The van der Waals surface area contributed by atoms with Gasteiger partial charge in [0.1, 0.15) is 11.8 Å². The number of methoxy groups -OCH3 is 1. The topological polar surface area (TPSA) is 213 Å². The van der Waals surface area contributed by atoms with Crippen LogP contribution in [-0.4, -0.2) is 83.2 Å². The molecular formula is C36H44ClN7O8S. The van der Waals surface area contributed by atoms with Crippen molar-refractivity contribution in [2.45, 2.75) is 74.7 Å². The van der Waals surface area contributed by atoms with Gasteiger partial charge in [-0.3, -0.25) is 14.4 Å². The maximum atomic E-state index is 13.3. The van der Waals surface area contributed by atoms with E-state index in [1.54, 1.807) is 42.5 Å². The van der Waals surface area contributed by atoms with Gasteiger partial charge < -0.3 is 46.2 Å². The molecule has 53 heavy (non-hydrogen) atoms. The number of hydrogen-bond acceptors (Lipinski definition) is 9. The maximum absolute atomic E-state index is 13.3. The van der Waals surface area contributed by atoms with Gasteiger partial charge >= 0.3 is 12.1 Å². The summed E-state index contributed by atoms with van der Waals surface area (Å²) in [5, 5.41) is 26.4. The largest absolute Gasteiger partial charge is 0.496 e. The number of urea groups is 1. The van der Waals surface area contributed by atoms with Crippen LogP contribution in [0, 0.1) is 0 Å². The Morgan fingerprint density at radius 2 is 1.83 bits per heavy atom. The van der Waals surface area contributed by atoms with Crippen molar-refractivity contribution in [2.24, 2.45) is 0 Å². The molecule has 284 valence electrons. The number of ether oxygens (including phenoxy) is 1. The number of halogens is 1. The minimum atomic E-state index is -1.15. The Labute approximate surface area is 316 Å². The van der Waals surface area contributed by atoms with E-state index in [1.165, 1.54) is 13.3 Å². The Morgan fingerprint density at radius 3 is 2.64 bits per heavy atom. The lowest BCUT2D eigenvalue weighted by Crippen LogP contribution is -2.36. The van der Waals surface area contributed by atoms with E-state index in [9.17, 15) is 24.0 Å². The van der Waals surface area contributed by atoms with E-state index in [2.05, 4.69) is 36.9 Å². The van der Waals surface area contributed by atoms with Gasteiger partial charge in [0.15, 0.2) is 5.76 Å². The number of nitrogens with zero attached hydrogens (tertiary/aromatic N) is 1. The molecule has 0 spiro atoms. The lowest BCUT2D eigenvalue weighted by molar-refractivity contribution is -0.121. The molecule has 2 aliphatic heterocycles. The summed E-state index contributed by atoms with van der Waals surface area (Å²) in [4.78, 5) is 65.2. The Kier molecular flexibility index (Phi) is 14.2. The molecule has 1 aromatic heterocycles. The Bertz CT molecular complexity index is 1770.